The Morgan fingerprint density at radius 2 is 1.75 bits per heavy atom. The lowest BCUT2D eigenvalue weighted by Crippen LogP contribution is -2.42. The Kier molecular flexibility index (Phi) is 6.29. The predicted molar refractivity (Wildman–Crippen MR) is 119 cm³/mol. The Hall–Kier alpha value is -3.17. The fourth-order valence-corrected chi connectivity index (χ4v) is 4.98. The third-order valence-electron chi connectivity index (χ3n) is 5.64. The molecule has 1 aromatic heterocycles. The van der Waals surface area contributed by atoms with Crippen LogP contribution in [0.4, 0.5) is 0 Å². The Balaban J connectivity index is 1.28. The zero-order valence-electron chi connectivity index (χ0n) is 17.7. The van der Waals surface area contributed by atoms with Gasteiger partial charge in [0.05, 0.1) is 4.90 Å². The summed E-state index contributed by atoms with van der Waals surface area (Å²) in [5, 5.41) is 0.820. The van der Waals surface area contributed by atoms with Crippen molar-refractivity contribution >= 4 is 32.8 Å². The first-order valence-corrected chi connectivity index (χ1v) is 12.0. The van der Waals surface area contributed by atoms with Gasteiger partial charge < -0.3 is 4.42 Å². The van der Waals surface area contributed by atoms with Crippen molar-refractivity contribution in [2.75, 3.05) is 6.54 Å². The Bertz CT molecular complexity index is 1280. The number of nitrogens with one attached hydrogen (secondary N) is 3. The molecule has 3 N–H and O–H groups in total. The second kappa shape index (κ2) is 9.13. The number of hydrazine groups is 1. The molecule has 32 heavy (non-hydrogen) atoms. The molecule has 0 radical (unpaired) electrons. The molecule has 0 fully saturated rings. The molecule has 1 heterocycles. The van der Waals surface area contributed by atoms with E-state index in [0.29, 0.717) is 11.1 Å². The first kappa shape index (κ1) is 22.0. The Morgan fingerprint density at radius 3 is 2.53 bits per heavy atom. The summed E-state index contributed by atoms with van der Waals surface area (Å²) in [7, 11) is -3.72. The highest BCUT2D eigenvalue weighted by atomic mass is 32.2. The number of carbonyl (C=O) groups excluding carboxylic acids is 2. The molecule has 1 aliphatic rings. The van der Waals surface area contributed by atoms with Crippen LogP contribution in [0.15, 0.2) is 51.8 Å². The van der Waals surface area contributed by atoms with E-state index in [1.165, 1.54) is 5.56 Å². The van der Waals surface area contributed by atoms with Crippen LogP contribution < -0.4 is 15.6 Å². The van der Waals surface area contributed by atoms with Crippen molar-refractivity contribution in [1.82, 2.24) is 15.6 Å². The van der Waals surface area contributed by atoms with Crippen LogP contribution in [0.5, 0.6) is 0 Å². The van der Waals surface area contributed by atoms with Crippen LogP contribution in [-0.2, 0) is 27.7 Å². The number of furan rings is 1. The van der Waals surface area contributed by atoms with Crippen LogP contribution in [-0.4, -0.2) is 26.8 Å². The quantitative estimate of drug-likeness (QED) is 0.494. The average molecular weight is 456 g/mol. The number of para-hydroxylation sites is 1. The molecule has 0 spiro atoms. The van der Waals surface area contributed by atoms with Gasteiger partial charge in [0.1, 0.15) is 5.58 Å². The highest BCUT2D eigenvalue weighted by molar-refractivity contribution is 7.89. The van der Waals surface area contributed by atoms with Crippen molar-refractivity contribution in [3.05, 3.63) is 64.9 Å². The Morgan fingerprint density at radius 1 is 1.00 bits per heavy atom. The zero-order chi connectivity index (χ0) is 22.7. The van der Waals surface area contributed by atoms with Gasteiger partial charge in [-0.25, -0.2) is 13.1 Å². The van der Waals surface area contributed by atoms with Gasteiger partial charge in [0.15, 0.2) is 5.76 Å². The van der Waals surface area contributed by atoms with Crippen molar-refractivity contribution in [2.24, 2.45) is 0 Å². The molecule has 2 amide bonds. The smallest absolute Gasteiger partial charge is 0.305 e. The van der Waals surface area contributed by atoms with Gasteiger partial charge in [-0.3, -0.25) is 20.4 Å². The molecule has 0 bridgehead atoms. The van der Waals surface area contributed by atoms with E-state index in [4.69, 9.17) is 4.42 Å². The number of rotatable bonds is 6. The maximum Gasteiger partial charge on any atom is 0.305 e. The fraction of sp³-hybridized carbons (Fsp3) is 0.304. The third-order valence-corrected chi connectivity index (χ3v) is 7.10. The maximum absolute atomic E-state index is 12.5. The molecule has 8 nitrogen and oxygen atoms in total. The average Bonchev–Trinajstić information content (AvgIpc) is 3.14. The topological polar surface area (TPSA) is 118 Å². The molecule has 0 aliphatic heterocycles. The summed E-state index contributed by atoms with van der Waals surface area (Å²) < 4.78 is 33.1. The van der Waals surface area contributed by atoms with Gasteiger partial charge in [-0.1, -0.05) is 24.3 Å². The molecule has 0 saturated heterocycles. The van der Waals surface area contributed by atoms with Gasteiger partial charge in [-0.05, 0) is 61.9 Å². The molecule has 0 saturated carbocycles. The lowest BCUT2D eigenvalue weighted by Gasteiger charge is -2.16. The van der Waals surface area contributed by atoms with Crippen LogP contribution in [0.2, 0.25) is 0 Å². The lowest BCUT2D eigenvalue weighted by molar-refractivity contribution is -0.121. The number of benzene rings is 2. The largest absolute Gasteiger partial charge is 0.451 e. The normalized spacial score (nSPS) is 13.5. The monoisotopic (exact) mass is 455 g/mol. The molecule has 1 aliphatic carbocycles. The summed E-state index contributed by atoms with van der Waals surface area (Å²) >= 11 is 0. The van der Waals surface area contributed by atoms with E-state index in [9.17, 15) is 18.0 Å². The summed E-state index contributed by atoms with van der Waals surface area (Å²) in [5.41, 5.74) is 8.11. The van der Waals surface area contributed by atoms with E-state index in [0.717, 1.165) is 36.6 Å². The van der Waals surface area contributed by atoms with Crippen molar-refractivity contribution in [2.45, 2.75) is 43.9 Å². The highest BCUT2D eigenvalue weighted by Crippen LogP contribution is 2.25. The van der Waals surface area contributed by atoms with Gasteiger partial charge in [-0.2, -0.15) is 0 Å². The second-order valence-corrected chi connectivity index (χ2v) is 9.61. The molecule has 3 aromatic rings. The minimum Gasteiger partial charge on any atom is -0.451 e. The minimum absolute atomic E-state index is 0.0925. The van der Waals surface area contributed by atoms with Gasteiger partial charge in [0.2, 0.25) is 15.9 Å². The number of fused-ring (bicyclic) bond motifs is 2. The molecule has 168 valence electrons. The van der Waals surface area contributed by atoms with E-state index >= 15 is 0 Å². The lowest BCUT2D eigenvalue weighted by atomic mass is 9.92. The van der Waals surface area contributed by atoms with Crippen LogP contribution in [0.3, 0.4) is 0 Å². The fourth-order valence-electron chi connectivity index (χ4n) is 3.90. The predicted octanol–water partition coefficient (Wildman–Crippen LogP) is 2.75. The second-order valence-electron chi connectivity index (χ2n) is 7.84. The van der Waals surface area contributed by atoms with Crippen molar-refractivity contribution in [1.29, 1.82) is 0 Å². The summed E-state index contributed by atoms with van der Waals surface area (Å²) in [4.78, 5) is 24.6. The van der Waals surface area contributed by atoms with Crippen LogP contribution in [0, 0.1) is 6.92 Å². The zero-order valence-corrected chi connectivity index (χ0v) is 18.6. The standard InChI is InChI=1S/C23H25N3O5S/c1-15-19-8-4-5-9-20(19)31-22(15)23(28)26-25-21(27)12-13-24-32(29,30)18-11-10-16-6-2-3-7-17(16)14-18/h4-5,8-11,14,24H,2-3,6-7,12-13H2,1H3,(H,25,27)(H,26,28). The minimum atomic E-state index is -3.72. The molecule has 9 heteroatoms. The van der Waals surface area contributed by atoms with Crippen LogP contribution in [0.1, 0.15) is 46.5 Å². The van der Waals surface area contributed by atoms with Crippen LogP contribution >= 0.6 is 0 Å². The summed E-state index contributed by atoms with van der Waals surface area (Å²) in [5.74, 6) is -0.999. The van der Waals surface area contributed by atoms with E-state index < -0.39 is 21.8 Å². The molecule has 2 aromatic carbocycles. The van der Waals surface area contributed by atoms with E-state index in [1.807, 2.05) is 18.2 Å². The van der Waals surface area contributed by atoms with Gasteiger partial charge >= 0.3 is 5.91 Å². The Labute approximate surface area is 186 Å². The van der Waals surface area contributed by atoms with E-state index in [1.54, 1.807) is 31.2 Å². The van der Waals surface area contributed by atoms with Crippen molar-refractivity contribution in [3.8, 4) is 0 Å². The van der Waals surface area contributed by atoms with E-state index in [2.05, 4.69) is 15.6 Å². The van der Waals surface area contributed by atoms with E-state index in [-0.39, 0.29) is 23.6 Å². The first-order valence-electron chi connectivity index (χ1n) is 10.5. The highest BCUT2D eigenvalue weighted by Gasteiger charge is 2.19. The van der Waals surface area contributed by atoms with Gasteiger partial charge in [0.25, 0.3) is 0 Å². The number of sulfonamides is 1. The van der Waals surface area contributed by atoms with Crippen molar-refractivity contribution in [3.63, 3.8) is 0 Å². The molecular formula is C23H25N3O5S. The SMILES string of the molecule is Cc1c(C(=O)NNC(=O)CCNS(=O)(=O)c2ccc3c(c2)CCCC3)oc2ccccc12. The summed E-state index contributed by atoms with van der Waals surface area (Å²) in [6, 6.07) is 12.4. The molecule has 4 rings (SSSR count). The number of hydrogen-bond donors (Lipinski definition) is 3. The molecular weight excluding hydrogens is 430 g/mol. The number of carbonyl (C=O) groups is 2. The number of amides is 2. The van der Waals surface area contributed by atoms with Crippen molar-refractivity contribution < 1.29 is 22.4 Å². The molecule has 0 atom stereocenters. The number of hydrogen-bond acceptors (Lipinski definition) is 5. The third kappa shape index (κ3) is 4.68. The number of aryl methyl sites for hydroxylation is 3. The maximum atomic E-state index is 12.5. The summed E-state index contributed by atoms with van der Waals surface area (Å²) in [6.07, 6.45) is 3.90. The molecule has 0 unspecified atom stereocenters. The van der Waals surface area contributed by atoms with Gasteiger partial charge in [0, 0.05) is 23.9 Å². The van der Waals surface area contributed by atoms with Gasteiger partial charge in [-0.15, -0.1) is 0 Å². The van der Waals surface area contributed by atoms with Crippen LogP contribution in [0.25, 0.3) is 11.0 Å². The summed E-state index contributed by atoms with van der Waals surface area (Å²) in [6.45, 7) is 1.67. The first-order chi connectivity index (χ1) is 15.3.